The van der Waals surface area contributed by atoms with Crippen molar-refractivity contribution in [2.24, 2.45) is 20.5 Å². The lowest BCUT2D eigenvalue weighted by Gasteiger charge is -2.48. The second-order valence-corrected chi connectivity index (χ2v) is 12.0. The van der Waals surface area contributed by atoms with Gasteiger partial charge in [0.1, 0.15) is 30.5 Å². The van der Waals surface area contributed by atoms with E-state index in [1.165, 1.54) is 7.11 Å². The highest BCUT2D eigenvalue weighted by molar-refractivity contribution is 5.89. The second kappa shape index (κ2) is 19.7. The van der Waals surface area contributed by atoms with Gasteiger partial charge < -0.3 is 28.4 Å². The van der Waals surface area contributed by atoms with Gasteiger partial charge in [-0.15, -0.1) is 0 Å². The third kappa shape index (κ3) is 9.95. The monoisotopic (exact) mass is 724 g/mol. The van der Waals surface area contributed by atoms with Crippen LogP contribution in [-0.4, -0.2) is 80.7 Å². The van der Waals surface area contributed by atoms with Gasteiger partial charge in [-0.05, 0) is 51.8 Å². The number of carbonyl (C=O) groups is 1. The largest absolute Gasteiger partial charge is 0.453 e. The van der Waals surface area contributed by atoms with E-state index in [2.05, 4.69) is 40.1 Å². The molecule has 19 heteroatoms. The summed E-state index contributed by atoms with van der Waals surface area (Å²) in [5, 5.41) is 15.6. The first-order valence-electron chi connectivity index (χ1n) is 16.6. The standard InChI is InChI=1S/C34H36N12O7/c1-48-28-24(40-44-36)17-25(41-45-37)29(32(28)52-33(47)23-15-9-4-10-16-23)53-34-27(42-46-38)31(50-20-22-13-7-3-8-14-22)30(26(51-34)18-39-43-35)49-19-21-11-5-2-6-12-21/h2-16,24-32,34H,17-20H2,1H3/t24-,25?,26?,27?,28?,29+,30+,31-,32-,34+/m1/s1. The number of carbonyl (C=O) groups excluding carboxylic acids is 1. The Labute approximate surface area is 303 Å². The lowest BCUT2D eigenvalue weighted by molar-refractivity contribution is -0.300. The third-order valence-electron chi connectivity index (χ3n) is 8.80. The van der Waals surface area contributed by atoms with E-state index in [4.69, 9.17) is 28.4 Å². The molecule has 0 bridgehead atoms. The molecule has 3 aromatic rings. The lowest BCUT2D eigenvalue weighted by Crippen LogP contribution is -2.64. The van der Waals surface area contributed by atoms with Gasteiger partial charge in [-0.2, -0.15) is 0 Å². The summed E-state index contributed by atoms with van der Waals surface area (Å²) in [5.74, 6) is -0.761. The lowest BCUT2D eigenvalue weighted by atomic mass is 9.84. The molecule has 53 heavy (non-hydrogen) atoms. The molecule has 1 aliphatic heterocycles. The van der Waals surface area contributed by atoms with Crippen molar-refractivity contribution in [3.63, 3.8) is 0 Å². The minimum atomic E-state index is -1.46. The topological polar surface area (TPSA) is 267 Å². The molecule has 0 radical (unpaired) electrons. The van der Waals surface area contributed by atoms with Crippen LogP contribution in [0.2, 0.25) is 0 Å². The van der Waals surface area contributed by atoms with Gasteiger partial charge in [0.05, 0.1) is 43.5 Å². The van der Waals surface area contributed by atoms with Crippen LogP contribution in [0.4, 0.5) is 0 Å². The summed E-state index contributed by atoms with van der Waals surface area (Å²) in [6.45, 7) is -0.0614. The van der Waals surface area contributed by atoms with Gasteiger partial charge in [0, 0.05) is 26.8 Å². The van der Waals surface area contributed by atoms with Crippen LogP contribution in [0.1, 0.15) is 27.9 Å². The molecule has 1 saturated carbocycles. The number of ether oxygens (including phenoxy) is 6. The summed E-state index contributed by atoms with van der Waals surface area (Å²) in [5.41, 5.74) is 39.9. The van der Waals surface area contributed by atoms with Gasteiger partial charge in [0.2, 0.25) is 0 Å². The molecule has 2 fully saturated rings. The molecule has 1 aliphatic carbocycles. The highest BCUT2D eigenvalue weighted by Gasteiger charge is 2.53. The number of nitrogens with zero attached hydrogens (tertiary/aromatic N) is 12. The van der Waals surface area contributed by atoms with Crippen LogP contribution in [0.5, 0.6) is 0 Å². The minimum absolute atomic E-state index is 0.0610. The van der Waals surface area contributed by atoms with Crippen molar-refractivity contribution in [1.82, 2.24) is 0 Å². The highest BCUT2D eigenvalue weighted by atomic mass is 16.7. The van der Waals surface area contributed by atoms with Crippen molar-refractivity contribution in [3.05, 3.63) is 149 Å². The molecule has 0 spiro atoms. The van der Waals surface area contributed by atoms with Gasteiger partial charge >= 0.3 is 5.97 Å². The summed E-state index contributed by atoms with van der Waals surface area (Å²) in [7, 11) is 1.34. The van der Waals surface area contributed by atoms with Gasteiger partial charge in [0.15, 0.2) is 12.4 Å². The fraction of sp³-hybridized carbons (Fsp3) is 0.441. The summed E-state index contributed by atoms with van der Waals surface area (Å²) >= 11 is 0. The van der Waals surface area contributed by atoms with Crippen LogP contribution >= 0.6 is 0 Å². The van der Waals surface area contributed by atoms with Crippen molar-refractivity contribution in [2.75, 3.05) is 13.7 Å². The van der Waals surface area contributed by atoms with Crippen molar-refractivity contribution >= 4 is 5.97 Å². The Bertz CT molecular complexity index is 1840. The number of methoxy groups -OCH3 is 1. The van der Waals surface area contributed by atoms with Crippen molar-refractivity contribution in [1.29, 1.82) is 0 Å². The van der Waals surface area contributed by atoms with E-state index in [9.17, 15) is 26.9 Å². The summed E-state index contributed by atoms with van der Waals surface area (Å²) in [6, 6.07) is 23.4. The first kappa shape index (κ1) is 38.4. The van der Waals surface area contributed by atoms with Gasteiger partial charge in [-0.3, -0.25) is 0 Å². The Kier molecular flexibility index (Phi) is 14.3. The molecule has 4 unspecified atom stereocenters. The van der Waals surface area contributed by atoms with E-state index < -0.39 is 67.0 Å². The second-order valence-electron chi connectivity index (χ2n) is 12.0. The van der Waals surface area contributed by atoms with Crippen LogP contribution in [-0.2, 0) is 41.6 Å². The molecule has 3 aromatic carbocycles. The van der Waals surface area contributed by atoms with E-state index in [0.29, 0.717) is 0 Å². The average Bonchev–Trinajstić information content (AvgIpc) is 3.19. The fourth-order valence-electron chi connectivity index (χ4n) is 6.39. The SMILES string of the molecule is COC1[C@@H](OC(=O)c2ccccc2)[C@@H](O[C@@H]2OC(CN=[N+]=[N-])[C@H](OCc3ccccc3)[C@H](OCc3ccccc3)C2N=[N+]=[N-])C(N=[N+]=[N-])C[C@H]1N=[N+]=[N-]. The van der Waals surface area contributed by atoms with E-state index in [0.717, 1.165) is 11.1 Å². The third-order valence-corrected chi connectivity index (χ3v) is 8.80. The van der Waals surface area contributed by atoms with Crippen LogP contribution in [0, 0.1) is 0 Å². The Morgan fingerprint density at radius 1 is 0.698 bits per heavy atom. The van der Waals surface area contributed by atoms with E-state index in [-0.39, 0.29) is 31.7 Å². The molecule has 0 amide bonds. The Morgan fingerprint density at radius 2 is 1.25 bits per heavy atom. The quantitative estimate of drug-likeness (QED) is 0.0630. The molecule has 10 atom stereocenters. The van der Waals surface area contributed by atoms with Crippen molar-refractivity contribution < 1.29 is 33.2 Å². The van der Waals surface area contributed by atoms with Crippen LogP contribution in [0.3, 0.4) is 0 Å². The molecule has 0 aromatic heterocycles. The van der Waals surface area contributed by atoms with Crippen LogP contribution in [0.15, 0.2) is 111 Å². The number of hydrogen-bond donors (Lipinski definition) is 0. The first-order valence-corrected chi connectivity index (χ1v) is 16.6. The van der Waals surface area contributed by atoms with Crippen LogP contribution < -0.4 is 0 Å². The van der Waals surface area contributed by atoms with Gasteiger partial charge in [0.25, 0.3) is 0 Å². The summed E-state index contributed by atoms with van der Waals surface area (Å²) in [6.07, 6.45) is -8.24. The van der Waals surface area contributed by atoms with E-state index in [1.54, 1.807) is 30.3 Å². The highest BCUT2D eigenvalue weighted by Crippen LogP contribution is 2.37. The molecular weight excluding hydrogens is 688 g/mol. The minimum Gasteiger partial charge on any atom is -0.453 e. The normalized spacial score (nSPS) is 27.8. The summed E-state index contributed by atoms with van der Waals surface area (Å²) in [4.78, 5) is 25.4. The fourth-order valence-corrected chi connectivity index (χ4v) is 6.39. The molecular formula is C34H36N12O7. The number of azide groups is 4. The molecule has 2 aliphatic rings. The molecule has 274 valence electrons. The molecule has 0 N–H and O–H groups in total. The van der Waals surface area contributed by atoms with Gasteiger partial charge in [-0.1, -0.05) is 99.3 Å². The Balaban J connectivity index is 1.55. The maximum Gasteiger partial charge on any atom is 0.338 e. The maximum absolute atomic E-state index is 13.5. The molecule has 5 rings (SSSR count). The number of hydrogen-bond acceptors (Lipinski definition) is 11. The zero-order valence-corrected chi connectivity index (χ0v) is 28.5. The smallest absolute Gasteiger partial charge is 0.338 e. The zero-order chi connectivity index (χ0) is 37.4. The number of benzene rings is 3. The summed E-state index contributed by atoms with van der Waals surface area (Å²) < 4.78 is 37.5. The Hall–Kier alpha value is -5.83. The average molecular weight is 725 g/mol. The van der Waals surface area contributed by atoms with E-state index >= 15 is 0 Å². The van der Waals surface area contributed by atoms with Crippen molar-refractivity contribution in [2.45, 2.75) is 80.7 Å². The zero-order valence-electron chi connectivity index (χ0n) is 28.5. The Morgan fingerprint density at radius 3 is 1.79 bits per heavy atom. The maximum atomic E-state index is 13.5. The van der Waals surface area contributed by atoms with Crippen molar-refractivity contribution in [3.8, 4) is 0 Å². The van der Waals surface area contributed by atoms with Crippen LogP contribution in [0.25, 0.3) is 41.8 Å². The van der Waals surface area contributed by atoms with E-state index in [1.807, 2.05) is 60.7 Å². The molecule has 1 saturated heterocycles. The predicted octanol–water partition coefficient (Wildman–Crippen LogP) is 7.26. The number of rotatable bonds is 16. The first-order chi connectivity index (χ1) is 26.0. The predicted molar refractivity (Wildman–Crippen MR) is 187 cm³/mol. The number of esters is 1. The molecule has 19 nitrogen and oxygen atoms in total. The molecule has 1 heterocycles. The van der Waals surface area contributed by atoms with Gasteiger partial charge in [-0.25, -0.2) is 4.79 Å².